The Bertz CT molecular complexity index is 313. The highest BCUT2D eigenvalue weighted by molar-refractivity contribution is 5.17. The molecule has 16 heavy (non-hydrogen) atoms. The molecule has 0 aliphatic heterocycles. The standard InChI is InChI=1S/C13H18F2O/c1-2-3-4-5-9-16-10-11-7-6-8-12(14)13(11)15/h6-8H,2-5,9-10H2,1H3. The Morgan fingerprint density at radius 1 is 1.12 bits per heavy atom. The number of hydrogen-bond donors (Lipinski definition) is 0. The third-order valence-electron chi connectivity index (χ3n) is 2.43. The van der Waals surface area contributed by atoms with E-state index in [4.69, 9.17) is 4.74 Å². The maximum Gasteiger partial charge on any atom is 0.164 e. The molecule has 3 heteroatoms. The van der Waals surface area contributed by atoms with Gasteiger partial charge in [0.2, 0.25) is 0 Å². The normalized spacial score (nSPS) is 10.7. The number of unbranched alkanes of at least 4 members (excludes halogenated alkanes) is 3. The van der Waals surface area contributed by atoms with Crippen LogP contribution in [0.4, 0.5) is 8.78 Å². The van der Waals surface area contributed by atoms with E-state index in [1.807, 2.05) is 0 Å². The van der Waals surface area contributed by atoms with Crippen molar-refractivity contribution in [2.45, 2.75) is 39.2 Å². The van der Waals surface area contributed by atoms with Crippen LogP contribution >= 0.6 is 0 Å². The zero-order chi connectivity index (χ0) is 11.8. The summed E-state index contributed by atoms with van der Waals surface area (Å²) >= 11 is 0. The van der Waals surface area contributed by atoms with Gasteiger partial charge in [-0.1, -0.05) is 38.3 Å². The van der Waals surface area contributed by atoms with Crippen molar-refractivity contribution in [1.29, 1.82) is 0 Å². The molecule has 0 saturated carbocycles. The third-order valence-corrected chi connectivity index (χ3v) is 2.43. The van der Waals surface area contributed by atoms with Crippen LogP contribution in [-0.4, -0.2) is 6.61 Å². The largest absolute Gasteiger partial charge is 0.377 e. The van der Waals surface area contributed by atoms with Crippen LogP contribution in [0.5, 0.6) is 0 Å². The van der Waals surface area contributed by atoms with Crippen molar-refractivity contribution >= 4 is 0 Å². The molecule has 0 N–H and O–H groups in total. The average molecular weight is 228 g/mol. The summed E-state index contributed by atoms with van der Waals surface area (Å²) < 4.78 is 31.3. The van der Waals surface area contributed by atoms with Crippen LogP contribution in [0.15, 0.2) is 18.2 Å². The fraction of sp³-hybridized carbons (Fsp3) is 0.538. The number of ether oxygens (including phenoxy) is 1. The monoisotopic (exact) mass is 228 g/mol. The first kappa shape index (κ1) is 13.1. The van der Waals surface area contributed by atoms with Crippen molar-refractivity contribution < 1.29 is 13.5 Å². The van der Waals surface area contributed by atoms with Crippen LogP contribution in [0.1, 0.15) is 38.2 Å². The summed E-state index contributed by atoms with van der Waals surface area (Å²) in [5.74, 6) is -1.61. The average Bonchev–Trinajstić information content (AvgIpc) is 2.29. The Balaban J connectivity index is 2.24. The molecule has 0 bridgehead atoms. The van der Waals surface area contributed by atoms with Crippen molar-refractivity contribution in [2.24, 2.45) is 0 Å². The van der Waals surface area contributed by atoms with E-state index in [9.17, 15) is 8.78 Å². The summed E-state index contributed by atoms with van der Waals surface area (Å²) in [6, 6.07) is 4.15. The number of benzene rings is 1. The Morgan fingerprint density at radius 3 is 2.69 bits per heavy atom. The summed E-state index contributed by atoms with van der Waals surface area (Å²) in [5.41, 5.74) is 0.287. The van der Waals surface area contributed by atoms with E-state index >= 15 is 0 Å². The van der Waals surface area contributed by atoms with Gasteiger partial charge in [-0.3, -0.25) is 0 Å². The van der Waals surface area contributed by atoms with Crippen molar-refractivity contribution in [3.63, 3.8) is 0 Å². The zero-order valence-electron chi connectivity index (χ0n) is 9.64. The van der Waals surface area contributed by atoms with Gasteiger partial charge in [0, 0.05) is 12.2 Å². The van der Waals surface area contributed by atoms with Gasteiger partial charge in [0.25, 0.3) is 0 Å². The Hall–Kier alpha value is -0.960. The molecule has 0 aromatic heterocycles. The maximum absolute atomic E-state index is 13.2. The fourth-order valence-corrected chi connectivity index (χ4v) is 1.47. The first-order valence-corrected chi connectivity index (χ1v) is 5.76. The van der Waals surface area contributed by atoms with Gasteiger partial charge in [0.05, 0.1) is 6.61 Å². The van der Waals surface area contributed by atoms with Crippen LogP contribution in [0, 0.1) is 11.6 Å². The van der Waals surface area contributed by atoms with Gasteiger partial charge in [-0.15, -0.1) is 0 Å². The van der Waals surface area contributed by atoms with Crippen molar-refractivity contribution in [3.8, 4) is 0 Å². The quantitative estimate of drug-likeness (QED) is 0.639. The van der Waals surface area contributed by atoms with Gasteiger partial charge in [-0.05, 0) is 12.5 Å². The van der Waals surface area contributed by atoms with E-state index in [0.29, 0.717) is 6.61 Å². The van der Waals surface area contributed by atoms with Crippen molar-refractivity contribution in [1.82, 2.24) is 0 Å². The second-order valence-electron chi connectivity index (χ2n) is 3.83. The highest BCUT2D eigenvalue weighted by Crippen LogP contribution is 2.12. The Morgan fingerprint density at radius 2 is 1.94 bits per heavy atom. The maximum atomic E-state index is 13.2. The SMILES string of the molecule is CCCCCCOCc1cccc(F)c1F. The van der Waals surface area contributed by atoms with Gasteiger partial charge in [0.1, 0.15) is 0 Å². The lowest BCUT2D eigenvalue weighted by Gasteiger charge is -2.05. The summed E-state index contributed by atoms with van der Waals surface area (Å²) in [4.78, 5) is 0. The summed E-state index contributed by atoms with van der Waals surface area (Å²) in [7, 11) is 0. The van der Waals surface area contributed by atoms with E-state index in [1.54, 1.807) is 6.07 Å². The minimum atomic E-state index is -0.813. The lowest BCUT2D eigenvalue weighted by molar-refractivity contribution is 0.114. The molecule has 1 nitrogen and oxygen atoms in total. The fourth-order valence-electron chi connectivity index (χ4n) is 1.47. The molecule has 0 spiro atoms. The molecule has 0 radical (unpaired) electrons. The second kappa shape index (κ2) is 7.34. The van der Waals surface area contributed by atoms with Gasteiger partial charge in [-0.25, -0.2) is 8.78 Å². The van der Waals surface area contributed by atoms with Gasteiger partial charge >= 0.3 is 0 Å². The summed E-state index contributed by atoms with van der Waals surface area (Å²) in [6.45, 7) is 2.90. The molecule has 1 rings (SSSR count). The lowest BCUT2D eigenvalue weighted by Crippen LogP contribution is -1.99. The molecule has 90 valence electrons. The molecule has 1 aromatic carbocycles. The lowest BCUT2D eigenvalue weighted by atomic mass is 10.2. The predicted molar refractivity (Wildman–Crippen MR) is 60.2 cm³/mol. The molecule has 0 aliphatic rings. The van der Waals surface area contributed by atoms with Crippen LogP contribution in [0.25, 0.3) is 0 Å². The smallest absolute Gasteiger partial charge is 0.164 e. The van der Waals surface area contributed by atoms with E-state index in [0.717, 1.165) is 18.9 Å². The summed E-state index contributed by atoms with van der Waals surface area (Å²) in [6.07, 6.45) is 4.48. The number of rotatable bonds is 7. The molecule has 0 atom stereocenters. The highest BCUT2D eigenvalue weighted by Gasteiger charge is 2.06. The Kier molecular flexibility index (Phi) is 6.01. The molecular formula is C13H18F2O. The summed E-state index contributed by atoms with van der Waals surface area (Å²) in [5, 5.41) is 0. The van der Waals surface area contributed by atoms with E-state index < -0.39 is 11.6 Å². The predicted octanol–water partition coefficient (Wildman–Crippen LogP) is 4.06. The molecule has 0 unspecified atom stereocenters. The minimum Gasteiger partial charge on any atom is -0.377 e. The third kappa shape index (κ3) is 4.27. The van der Waals surface area contributed by atoms with Crippen molar-refractivity contribution in [2.75, 3.05) is 6.61 Å². The molecule has 0 aliphatic carbocycles. The Labute approximate surface area is 95.4 Å². The molecular weight excluding hydrogens is 210 g/mol. The second-order valence-corrected chi connectivity index (χ2v) is 3.83. The van der Waals surface area contributed by atoms with E-state index in [-0.39, 0.29) is 12.2 Å². The van der Waals surface area contributed by atoms with Gasteiger partial charge < -0.3 is 4.74 Å². The van der Waals surface area contributed by atoms with Crippen LogP contribution in [0.3, 0.4) is 0 Å². The van der Waals surface area contributed by atoms with Crippen molar-refractivity contribution in [3.05, 3.63) is 35.4 Å². The molecule has 0 heterocycles. The first-order chi connectivity index (χ1) is 7.75. The number of hydrogen-bond acceptors (Lipinski definition) is 1. The van der Waals surface area contributed by atoms with Crippen LogP contribution in [-0.2, 0) is 11.3 Å². The van der Waals surface area contributed by atoms with E-state index in [1.165, 1.54) is 18.9 Å². The molecule has 1 aromatic rings. The minimum absolute atomic E-state index is 0.149. The number of halogens is 2. The molecule has 0 fully saturated rings. The van der Waals surface area contributed by atoms with Crippen LogP contribution < -0.4 is 0 Å². The zero-order valence-corrected chi connectivity index (χ0v) is 9.64. The van der Waals surface area contributed by atoms with E-state index in [2.05, 4.69) is 6.92 Å². The molecule has 0 saturated heterocycles. The van der Waals surface area contributed by atoms with Gasteiger partial charge in [-0.2, -0.15) is 0 Å². The molecule has 0 amide bonds. The van der Waals surface area contributed by atoms with Gasteiger partial charge in [0.15, 0.2) is 11.6 Å². The topological polar surface area (TPSA) is 9.23 Å². The van der Waals surface area contributed by atoms with Crippen LogP contribution in [0.2, 0.25) is 0 Å². The first-order valence-electron chi connectivity index (χ1n) is 5.76. The highest BCUT2D eigenvalue weighted by atomic mass is 19.2.